The van der Waals surface area contributed by atoms with Crippen molar-refractivity contribution in [2.75, 3.05) is 19.8 Å². The van der Waals surface area contributed by atoms with Gasteiger partial charge in [0, 0.05) is 25.0 Å². The number of hydrogen-bond acceptors (Lipinski definition) is 4. The van der Waals surface area contributed by atoms with Crippen LogP contribution in [0, 0.1) is 17.6 Å². The SMILES string of the molecule is O=C(CCCOc1ccc(F)cc1F)NC(C(=O)O)C1CCCOC1. The van der Waals surface area contributed by atoms with Crippen molar-refractivity contribution in [3.8, 4) is 5.75 Å². The van der Waals surface area contributed by atoms with E-state index in [1.54, 1.807) is 0 Å². The summed E-state index contributed by atoms with van der Waals surface area (Å²) < 4.78 is 36.6. The van der Waals surface area contributed by atoms with Crippen LogP contribution in [0.25, 0.3) is 0 Å². The molecule has 2 atom stereocenters. The third-order valence-corrected chi connectivity index (χ3v) is 3.95. The van der Waals surface area contributed by atoms with Crippen LogP contribution in [-0.4, -0.2) is 42.8 Å². The number of nitrogens with one attached hydrogen (secondary N) is 1. The molecule has 1 saturated heterocycles. The van der Waals surface area contributed by atoms with Gasteiger partial charge in [0.1, 0.15) is 11.9 Å². The fourth-order valence-corrected chi connectivity index (χ4v) is 2.66. The molecule has 2 unspecified atom stereocenters. The summed E-state index contributed by atoms with van der Waals surface area (Å²) in [6, 6.07) is 1.98. The molecule has 1 aliphatic rings. The second kappa shape index (κ2) is 9.31. The predicted octanol–water partition coefficient (Wildman–Crippen LogP) is 2.12. The monoisotopic (exact) mass is 357 g/mol. The molecule has 8 heteroatoms. The van der Waals surface area contributed by atoms with Crippen LogP contribution in [0.3, 0.4) is 0 Å². The summed E-state index contributed by atoms with van der Waals surface area (Å²) in [4.78, 5) is 23.3. The minimum atomic E-state index is -1.09. The van der Waals surface area contributed by atoms with Crippen LogP contribution in [0.5, 0.6) is 5.75 Å². The topological polar surface area (TPSA) is 84.9 Å². The Balaban J connectivity index is 1.74. The molecule has 1 aliphatic heterocycles. The minimum Gasteiger partial charge on any atom is -0.491 e. The quantitative estimate of drug-likeness (QED) is 0.696. The maximum Gasteiger partial charge on any atom is 0.326 e. The standard InChI is InChI=1S/C17H21F2NO5/c18-12-5-6-14(13(19)9-12)25-8-2-4-15(21)20-16(17(22)23)11-3-1-7-24-10-11/h5-6,9,11,16H,1-4,7-8,10H2,(H,20,21)(H,22,23). The zero-order chi connectivity index (χ0) is 18.2. The number of aliphatic carboxylic acids is 1. The zero-order valence-electron chi connectivity index (χ0n) is 13.7. The lowest BCUT2D eigenvalue weighted by atomic mass is 9.93. The summed E-state index contributed by atoms with van der Waals surface area (Å²) >= 11 is 0. The molecule has 1 amide bonds. The van der Waals surface area contributed by atoms with Crippen molar-refractivity contribution in [2.24, 2.45) is 5.92 Å². The average molecular weight is 357 g/mol. The minimum absolute atomic E-state index is 0.0418. The molecule has 25 heavy (non-hydrogen) atoms. The van der Waals surface area contributed by atoms with E-state index >= 15 is 0 Å². The number of carbonyl (C=O) groups is 2. The van der Waals surface area contributed by atoms with Crippen LogP contribution in [0.2, 0.25) is 0 Å². The molecule has 0 spiro atoms. The first-order chi connectivity index (χ1) is 12.0. The summed E-state index contributed by atoms with van der Waals surface area (Å²) in [6.45, 7) is 0.971. The van der Waals surface area contributed by atoms with E-state index in [-0.39, 0.29) is 31.1 Å². The molecule has 0 bridgehead atoms. The van der Waals surface area contributed by atoms with E-state index in [2.05, 4.69) is 5.32 Å². The molecule has 1 heterocycles. The van der Waals surface area contributed by atoms with E-state index in [1.807, 2.05) is 0 Å². The van der Waals surface area contributed by atoms with E-state index < -0.39 is 29.6 Å². The van der Waals surface area contributed by atoms with Gasteiger partial charge in [-0.05, 0) is 31.4 Å². The van der Waals surface area contributed by atoms with E-state index in [9.17, 15) is 23.5 Å². The number of rotatable bonds is 8. The second-order valence-corrected chi connectivity index (χ2v) is 5.89. The number of halogens is 2. The van der Waals surface area contributed by atoms with Gasteiger partial charge in [0.15, 0.2) is 11.6 Å². The van der Waals surface area contributed by atoms with Gasteiger partial charge in [-0.25, -0.2) is 13.6 Å². The van der Waals surface area contributed by atoms with Crippen molar-refractivity contribution >= 4 is 11.9 Å². The Labute approximate surface area is 144 Å². The first-order valence-electron chi connectivity index (χ1n) is 8.15. The summed E-state index contributed by atoms with van der Waals surface area (Å²) in [5.74, 6) is -3.36. The van der Waals surface area contributed by atoms with Crippen LogP contribution in [0.1, 0.15) is 25.7 Å². The molecule has 1 aromatic rings. The molecule has 1 aromatic carbocycles. The van der Waals surface area contributed by atoms with Crippen LogP contribution < -0.4 is 10.1 Å². The number of carboxylic acids is 1. The van der Waals surface area contributed by atoms with Crippen LogP contribution >= 0.6 is 0 Å². The Morgan fingerprint density at radius 3 is 2.84 bits per heavy atom. The molecule has 6 nitrogen and oxygen atoms in total. The normalized spacial score (nSPS) is 18.4. The summed E-state index contributed by atoms with van der Waals surface area (Å²) in [5, 5.41) is 11.8. The number of carbonyl (C=O) groups excluding carboxylic acids is 1. The lowest BCUT2D eigenvalue weighted by molar-refractivity contribution is -0.145. The van der Waals surface area contributed by atoms with Gasteiger partial charge < -0.3 is 19.9 Å². The Bertz CT molecular complexity index is 605. The van der Waals surface area contributed by atoms with Gasteiger partial charge in [0.05, 0.1) is 13.2 Å². The summed E-state index contributed by atoms with van der Waals surface area (Å²) in [5.41, 5.74) is 0. The highest BCUT2D eigenvalue weighted by molar-refractivity contribution is 5.83. The smallest absolute Gasteiger partial charge is 0.326 e. The van der Waals surface area contributed by atoms with E-state index in [1.165, 1.54) is 6.07 Å². The molecule has 0 saturated carbocycles. The third-order valence-electron chi connectivity index (χ3n) is 3.95. The average Bonchev–Trinajstić information content (AvgIpc) is 2.58. The highest BCUT2D eigenvalue weighted by atomic mass is 19.1. The van der Waals surface area contributed by atoms with E-state index in [4.69, 9.17) is 9.47 Å². The lowest BCUT2D eigenvalue weighted by Gasteiger charge is -2.28. The molecular weight excluding hydrogens is 336 g/mol. The van der Waals surface area contributed by atoms with Crippen LogP contribution in [0.4, 0.5) is 8.78 Å². The number of benzene rings is 1. The van der Waals surface area contributed by atoms with Gasteiger partial charge in [-0.2, -0.15) is 0 Å². The van der Waals surface area contributed by atoms with Gasteiger partial charge in [-0.1, -0.05) is 0 Å². The molecule has 2 N–H and O–H groups in total. The third kappa shape index (κ3) is 5.97. The van der Waals surface area contributed by atoms with Crippen LogP contribution in [0.15, 0.2) is 18.2 Å². The van der Waals surface area contributed by atoms with Crippen molar-refractivity contribution in [1.29, 1.82) is 0 Å². The van der Waals surface area contributed by atoms with E-state index in [0.717, 1.165) is 12.5 Å². The van der Waals surface area contributed by atoms with Gasteiger partial charge in [-0.3, -0.25) is 4.79 Å². The first-order valence-corrected chi connectivity index (χ1v) is 8.15. The molecule has 1 fully saturated rings. The molecule has 0 aliphatic carbocycles. The largest absolute Gasteiger partial charge is 0.491 e. The lowest BCUT2D eigenvalue weighted by Crippen LogP contribution is -2.48. The van der Waals surface area contributed by atoms with Crippen molar-refractivity contribution < 1.29 is 33.0 Å². The Kier molecular flexibility index (Phi) is 7.12. The molecule has 0 aromatic heterocycles. The molecule has 138 valence electrons. The highest BCUT2D eigenvalue weighted by Crippen LogP contribution is 2.19. The van der Waals surface area contributed by atoms with Gasteiger partial charge in [0.25, 0.3) is 0 Å². The maximum absolute atomic E-state index is 13.4. The predicted molar refractivity (Wildman–Crippen MR) is 84.2 cm³/mol. The molecule has 2 rings (SSSR count). The van der Waals surface area contributed by atoms with Crippen molar-refractivity contribution in [1.82, 2.24) is 5.32 Å². The van der Waals surface area contributed by atoms with Gasteiger partial charge in [0.2, 0.25) is 5.91 Å². The fourth-order valence-electron chi connectivity index (χ4n) is 2.66. The maximum atomic E-state index is 13.4. The summed E-state index contributed by atoms with van der Waals surface area (Å²) in [6.07, 6.45) is 1.77. The van der Waals surface area contributed by atoms with Crippen molar-refractivity contribution in [3.63, 3.8) is 0 Å². The Hall–Kier alpha value is -2.22. The molecule has 0 radical (unpaired) electrons. The van der Waals surface area contributed by atoms with Gasteiger partial charge in [-0.15, -0.1) is 0 Å². The number of hydrogen-bond donors (Lipinski definition) is 2. The van der Waals surface area contributed by atoms with Gasteiger partial charge >= 0.3 is 5.97 Å². The van der Waals surface area contributed by atoms with Crippen LogP contribution in [-0.2, 0) is 14.3 Å². The fraction of sp³-hybridized carbons (Fsp3) is 0.529. The van der Waals surface area contributed by atoms with Crippen molar-refractivity contribution in [3.05, 3.63) is 29.8 Å². The van der Waals surface area contributed by atoms with E-state index in [0.29, 0.717) is 25.7 Å². The highest BCUT2D eigenvalue weighted by Gasteiger charge is 2.31. The summed E-state index contributed by atoms with van der Waals surface area (Å²) in [7, 11) is 0. The zero-order valence-corrected chi connectivity index (χ0v) is 13.7. The second-order valence-electron chi connectivity index (χ2n) is 5.89. The number of amides is 1. The first kappa shape index (κ1) is 19.1. The Morgan fingerprint density at radius 2 is 2.20 bits per heavy atom. The van der Waals surface area contributed by atoms with Crippen molar-refractivity contribution in [2.45, 2.75) is 31.7 Å². The number of carboxylic acid groups (broad SMARTS) is 1. The number of ether oxygens (including phenoxy) is 2. The Morgan fingerprint density at radius 1 is 1.40 bits per heavy atom. The molecular formula is C17H21F2NO5.